The number of aromatic nitrogens is 1. The average Bonchev–Trinajstić information content (AvgIpc) is 2.23. The van der Waals surface area contributed by atoms with Crippen molar-refractivity contribution < 1.29 is 108 Å². The van der Waals surface area contributed by atoms with Gasteiger partial charge in [-0.1, -0.05) is 0 Å². The zero-order chi connectivity index (χ0) is 19.3. The number of carbonyl (C=O) groups excluding carboxylic acids is 1. The van der Waals surface area contributed by atoms with Crippen LogP contribution in [0.2, 0.25) is 0 Å². The Kier molecular flexibility index (Phi) is 25.3. The van der Waals surface area contributed by atoms with Gasteiger partial charge < -0.3 is 51.8 Å². The normalized spacial score (nSPS) is 9.92. The van der Waals surface area contributed by atoms with E-state index in [1.54, 1.807) is 24.5 Å². The van der Waals surface area contributed by atoms with E-state index in [9.17, 15) is 56.6 Å². The second-order valence-electron chi connectivity index (χ2n) is 2.88. The number of pyridine rings is 1. The van der Waals surface area contributed by atoms with Crippen molar-refractivity contribution in [3.05, 3.63) is 30.1 Å². The number of hydrogen-bond acceptors (Lipinski definition) is 2. The van der Waals surface area contributed by atoms with Crippen molar-refractivity contribution in [2.24, 2.45) is 0 Å². The molecule has 2 nitrogen and oxygen atoms in total. The van der Waals surface area contributed by atoms with Gasteiger partial charge in [-0.25, -0.2) is 0 Å². The van der Waals surface area contributed by atoms with E-state index in [4.69, 9.17) is 0 Å². The SMILES string of the molecule is Cl.F[B-](F)(F)F.F[B-](F)(F)F.F[B-](F)(F)F.O=Cc1ccncc1.[K+]. The molecule has 0 bridgehead atoms. The zero-order valence-corrected chi connectivity index (χ0v) is 15.9. The van der Waals surface area contributed by atoms with Crippen LogP contribution in [0.3, 0.4) is 0 Å². The molecule has 144 valence electrons. The molecule has 0 radical (unpaired) electrons. The van der Waals surface area contributed by atoms with Crippen LogP contribution in [-0.4, -0.2) is 33.0 Å². The van der Waals surface area contributed by atoms with Gasteiger partial charge in [-0.15, -0.1) is 12.4 Å². The molecule has 1 aromatic heterocycles. The minimum atomic E-state index is -6.00. The molecule has 0 saturated heterocycles. The van der Waals surface area contributed by atoms with Crippen molar-refractivity contribution >= 4 is 40.5 Å². The van der Waals surface area contributed by atoms with Crippen LogP contribution in [0.15, 0.2) is 24.5 Å². The Bertz CT molecular complexity index is 370. The summed E-state index contributed by atoms with van der Waals surface area (Å²) < 4.78 is 117. The van der Waals surface area contributed by atoms with Gasteiger partial charge in [0.05, 0.1) is 0 Å². The fourth-order valence-electron chi connectivity index (χ4n) is 0.442. The molecule has 1 rings (SSSR count). The van der Waals surface area contributed by atoms with Gasteiger partial charge in [-0.3, -0.25) is 9.78 Å². The van der Waals surface area contributed by atoms with E-state index in [2.05, 4.69) is 4.98 Å². The molecule has 0 aliphatic carbocycles. The van der Waals surface area contributed by atoms with Crippen LogP contribution in [-0.2, 0) is 0 Å². The van der Waals surface area contributed by atoms with Crippen LogP contribution in [0, 0.1) is 0 Å². The third-order valence-corrected chi connectivity index (χ3v) is 0.842. The fourth-order valence-corrected chi connectivity index (χ4v) is 0.442. The van der Waals surface area contributed by atoms with Gasteiger partial charge in [-0.05, 0) is 12.1 Å². The van der Waals surface area contributed by atoms with Gasteiger partial charge in [0.1, 0.15) is 6.29 Å². The first-order valence-corrected chi connectivity index (χ1v) is 4.90. The van der Waals surface area contributed by atoms with Gasteiger partial charge >= 0.3 is 73.1 Å². The van der Waals surface area contributed by atoms with E-state index in [0.717, 1.165) is 6.29 Å². The number of aldehydes is 1. The quantitative estimate of drug-likeness (QED) is 0.379. The largest absolute Gasteiger partial charge is 1.00 e. The van der Waals surface area contributed by atoms with Gasteiger partial charge in [-0.2, -0.15) is 0 Å². The smallest absolute Gasteiger partial charge is 0.418 e. The van der Waals surface area contributed by atoms with Gasteiger partial charge in [0.15, 0.2) is 0 Å². The van der Waals surface area contributed by atoms with Gasteiger partial charge in [0, 0.05) is 18.0 Å². The molecule has 0 unspecified atom stereocenters. The Morgan fingerprint density at radius 3 is 1.00 bits per heavy atom. The predicted octanol–water partition coefficient (Wildman–Crippen LogP) is 2.22. The van der Waals surface area contributed by atoms with E-state index in [1.165, 1.54) is 0 Å². The minimum absolute atomic E-state index is 0. The summed E-state index contributed by atoms with van der Waals surface area (Å²) in [5.74, 6) is 0. The maximum atomic E-state index is 9.98. The predicted molar refractivity (Wildman–Crippen MR) is 67.4 cm³/mol. The standard InChI is InChI=1S/C6H5NO.3BF4.ClH.K/c8-5-6-1-3-7-4-2-6;3*2-1(3,4)5;;/h1-5H;;;;1H;/q;3*-1;;+1. The first-order valence-electron chi connectivity index (χ1n) is 4.90. The Balaban J connectivity index is -0.0000000714. The molecule has 0 saturated carbocycles. The summed E-state index contributed by atoms with van der Waals surface area (Å²) in [5, 5.41) is 0. The molecule has 25 heavy (non-hydrogen) atoms. The number of carbonyl (C=O) groups is 1. The van der Waals surface area contributed by atoms with Crippen molar-refractivity contribution in [3.63, 3.8) is 0 Å². The van der Waals surface area contributed by atoms with Crippen LogP contribution in [0.25, 0.3) is 0 Å². The van der Waals surface area contributed by atoms with Crippen LogP contribution in [0.1, 0.15) is 10.4 Å². The Labute approximate surface area is 182 Å². The van der Waals surface area contributed by atoms with Crippen molar-refractivity contribution in [3.8, 4) is 0 Å². The van der Waals surface area contributed by atoms with Crippen molar-refractivity contribution in [1.29, 1.82) is 0 Å². The first-order chi connectivity index (χ1) is 9.93. The summed E-state index contributed by atoms with van der Waals surface area (Å²) in [6, 6.07) is 3.32. The second kappa shape index (κ2) is 17.5. The molecule has 1 heterocycles. The van der Waals surface area contributed by atoms with E-state index in [-0.39, 0.29) is 63.8 Å². The van der Waals surface area contributed by atoms with E-state index < -0.39 is 21.8 Å². The zero-order valence-electron chi connectivity index (χ0n) is 11.9. The molecule has 1 aromatic rings. The summed E-state index contributed by atoms with van der Waals surface area (Å²) in [7, 11) is -18.0. The molecule has 0 amide bonds. The van der Waals surface area contributed by atoms with Gasteiger partial charge in [0.2, 0.25) is 0 Å². The summed E-state index contributed by atoms with van der Waals surface area (Å²) >= 11 is 0. The first kappa shape index (κ1) is 36.1. The molecule has 0 aromatic carbocycles. The van der Waals surface area contributed by atoms with Crippen molar-refractivity contribution in [2.45, 2.75) is 0 Å². The summed E-state index contributed by atoms with van der Waals surface area (Å²) in [4.78, 5) is 13.7. The molecule has 0 spiro atoms. The average molecular weight is 443 g/mol. The van der Waals surface area contributed by atoms with E-state index in [1.807, 2.05) is 0 Å². The third-order valence-electron chi connectivity index (χ3n) is 0.842. The molecular formula is C6H6B3ClF12KNO-2. The summed E-state index contributed by atoms with van der Waals surface area (Å²) in [6.07, 6.45) is 3.97. The fraction of sp³-hybridized carbons (Fsp3) is 0. The number of hydrogen-bond donors (Lipinski definition) is 0. The Hall–Kier alpha value is 0.101. The van der Waals surface area contributed by atoms with Crippen molar-refractivity contribution in [1.82, 2.24) is 4.98 Å². The number of nitrogens with zero attached hydrogens (tertiary/aromatic N) is 1. The monoisotopic (exact) mass is 443 g/mol. The van der Waals surface area contributed by atoms with Crippen LogP contribution in [0.4, 0.5) is 51.8 Å². The molecule has 0 atom stereocenters. The summed E-state index contributed by atoms with van der Waals surface area (Å²) in [6.45, 7) is 0. The Morgan fingerprint density at radius 2 is 0.880 bits per heavy atom. The second-order valence-corrected chi connectivity index (χ2v) is 2.88. The van der Waals surface area contributed by atoms with E-state index in [0.29, 0.717) is 5.56 Å². The maximum Gasteiger partial charge on any atom is 1.00 e. The molecule has 0 fully saturated rings. The Morgan fingerprint density at radius 1 is 0.680 bits per heavy atom. The van der Waals surface area contributed by atoms with Crippen LogP contribution in [0.5, 0.6) is 0 Å². The van der Waals surface area contributed by atoms with Gasteiger partial charge in [0.25, 0.3) is 0 Å². The van der Waals surface area contributed by atoms with Crippen molar-refractivity contribution in [2.75, 3.05) is 0 Å². The van der Waals surface area contributed by atoms with E-state index >= 15 is 0 Å². The molecule has 0 N–H and O–H groups in total. The maximum absolute atomic E-state index is 9.98. The summed E-state index contributed by atoms with van der Waals surface area (Å²) in [5.41, 5.74) is 0.667. The molecule has 0 aliphatic rings. The molecule has 0 aliphatic heterocycles. The van der Waals surface area contributed by atoms with Crippen LogP contribution >= 0.6 is 12.4 Å². The van der Waals surface area contributed by atoms with Crippen LogP contribution < -0.4 is 51.4 Å². The third kappa shape index (κ3) is 115. The molecular weight excluding hydrogens is 437 g/mol. The number of rotatable bonds is 1. The topological polar surface area (TPSA) is 30.0 Å². The molecule has 19 heteroatoms. The minimum Gasteiger partial charge on any atom is -0.418 e. The number of halogens is 13.